The first-order valence-corrected chi connectivity index (χ1v) is 4.12. The summed E-state index contributed by atoms with van der Waals surface area (Å²) >= 11 is 5.46. The highest BCUT2D eigenvalue weighted by Gasteiger charge is 1.97. The van der Waals surface area contributed by atoms with Crippen molar-refractivity contribution in [3.05, 3.63) is 12.2 Å². The van der Waals surface area contributed by atoms with Crippen LogP contribution in [0, 0.1) is 0 Å². The molecule has 0 saturated heterocycles. The third-order valence-corrected chi connectivity index (χ3v) is 1.57. The molecule has 0 rings (SSSR count). The van der Waals surface area contributed by atoms with E-state index in [0.29, 0.717) is 25.3 Å². The Hall–Kier alpha value is -0.500. The molecule has 0 fully saturated rings. The predicted molar refractivity (Wildman–Crippen MR) is 45.7 cm³/mol. The topological polar surface area (TPSA) is 26.3 Å². The molecule has 0 saturated carbocycles. The quantitative estimate of drug-likeness (QED) is 0.365. The molecular weight excluding hydrogens is 164 g/mol. The standard InChI is InChI=1S/C8H13ClO2/c1-3-8(10)11-5-4-7(2)6-9/h2-6H2,1H3. The lowest BCUT2D eigenvalue weighted by molar-refractivity contribution is -0.143. The van der Waals surface area contributed by atoms with Gasteiger partial charge in [0, 0.05) is 18.7 Å². The van der Waals surface area contributed by atoms with Crippen molar-refractivity contribution < 1.29 is 9.53 Å². The molecular formula is C8H13ClO2. The van der Waals surface area contributed by atoms with Crippen LogP contribution in [0.1, 0.15) is 19.8 Å². The van der Waals surface area contributed by atoms with Gasteiger partial charge < -0.3 is 4.74 Å². The van der Waals surface area contributed by atoms with Gasteiger partial charge in [0.2, 0.25) is 0 Å². The van der Waals surface area contributed by atoms with Crippen LogP contribution in [0.5, 0.6) is 0 Å². The highest BCUT2D eigenvalue weighted by Crippen LogP contribution is 2.00. The van der Waals surface area contributed by atoms with Gasteiger partial charge in [0.25, 0.3) is 0 Å². The minimum atomic E-state index is -0.174. The summed E-state index contributed by atoms with van der Waals surface area (Å²) in [4.78, 5) is 10.6. The zero-order chi connectivity index (χ0) is 8.69. The van der Waals surface area contributed by atoms with Gasteiger partial charge >= 0.3 is 5.97 Å². The number of carbonyl (C=O) groups is 1. The number of esters is 1. The number of hydrogen-bond donors (Lipinski definition) is 0. The van der Waals surface area contributed by atoms with E-state index in [1.54, 1.807) is 6.92 Å². The minimum Gasteiger partial charge on any atom is -0.465 e. The fourth-order valence-corrected chi connectivity index (χ4v) is 0.612. The Morgan fingerprint density at radius 2 is 2.27 bits per heavy atom. The molecule has 0 aromatic carbocycles. The summed E-state index contributed by atoms with van der Waals surface area (Å²) in [5, 5.41) is 0. The van der Waals surface area contributed by atoms with E-state index in [1.165, 1.54) is 0 Å². The van der Waals surface area contributed by atoms with Crippen LogP contribution in [-0.2, 0) is 9.53 Å². The fraction of sp³-hybridized carbons (Fsp3) is 0.625. The molecule has 0 unspecified atom stereocenters. The van der Waals surface area contributed by atoms with Gasteiger partial charge in [0.1, 0.15) is 0 Å². The molecule has 11 heavy (non-hydrogen) atoms. The van der Waals surface area contributed by atoms with E-state index < -0.39 is 0 Å². The first-order chi connectivity index (χ1) is 5.20. The molecule has 0 amide bonds. The summed E-state index contributed by atoms with van der Waals surface area (Å²) in [5.41, 5.74) is 0.899. The number of carbonyl (C=O) groups excluding carboxylic acids is 1. The number of hydrogen-bond acceptors (Lipinski definition) is 2. The van der Waals surface area contributed by atoms with Gasteiger partial charge in [0.05, 0.1) is 6.61 Å². The monoisotopic (exact) mass is 176 g/mol. The van der Waals surface area contributed by atoms with Crippen LogP contribution in [0.2, 0.25) is 0 Å². The van der Waals surface area contributed by atoms with Gasteiger partial charge in [-0.1, -0.05) is 19.1 Å². The maximum Gasteiger partial charge on any atom is 0.305 e. The molecule has 0 atom stereocenters. The number of alkyl halides is 1. The fourth-order valence-electron chi connectivity index (χ4n) is 0.478. The Morgan fingerprint density at radius 3 is 2.73 bits per heavy atom. The Kier molecular flexibility index (Phi) is 5.94. The van der Waals surface area contributed by atoms with E-state index in [4.69, 9.17) is 16.3 Å². The van der Waals surface area contributed by atoms with Crippen LogP contribution in [0.15, 0.2) is 12.2 Å². The van der Waals surface area contributed by atoms with Gasteiger partial charge in [-0.3, -0.25) is 4.79 Å². The van der Waals surface area contributed by atoms with Crippen molar-refractivity contribution in [3.63, 3.8) is 0 Å². The summed E-state index contributed by atoms with van der Waals surface area (Å²) in [5.74, 6) is 0.260. The number of rotatable bonds is 5. The third-order valence-electron chi connectivity index (χ3n) is 1.20. The number of ether oxygens (including phenoxy) is 1. The van der Waals surface area contributed by atoms with Gasteiger partial charge in [-0.2, -0.15) is 0 Å². The summed E-state index contributed by atoms with van der Waals surface area (Å²) in [6, 6.07) is 0. The lowest BCUT2D eigenvalue weighted by Gasteiger charge is -2.02. The predicted octanol–water partition coefficient (Wildman–Crippen LogP) is 2.12. The molecule has 0 N–H and O–H groups in total. The van der Waals surface area contributed by atoms with E-state index in [9.17, 15) is 4.79 Å². The Morgan fingerprint density at radius 1 is 1.64 bits per heavy atom. The second-order valence-corrected chi connectivity index (χ2v) is 2.47. The lowest BCUT2D eigenvalue weighted by atomic mass is 10.2. The van der Waals surface area contributed by atoms with Crippen molar-refractivity contribution in [2.24, 2.45) is 0 Å². The molecule has 0 aromatic heterocycles. The van der Waals surface area contributed by atoms with Crippen LogP contribution in [0.25, 0.3) is 0 Å². The Labute approximate surface area is 72.2 Å². The first-order valence-electron chi connectivity index (χ1n) is 3.59. The van der Waals surface area contributed by atoms with Crippen LogP contribution >= 0.6 is 11.6 Å². The van der Waals surface area contributed by atoms with Crippen LogP contribution in [-0.4, -0.2) is 18.5 Å². The van der Waals surface area contributed by atoms with Gasteiger partial charge in [-0.05, 0) is 0 Å². The zero-order valence-electron chi connectivity index (χ0n) is 6.73. The molecule has 2 nitrogen and oxygen atoms in total. The van der Waals surface area contributed by atoms with Gasteiger partial charge in [-0.25, -0.2) is 0 Å². The second-order valence-electron chi connectivity index (χ2n) is 2.21. The summed E-state index contributed by atoms with van der Waals surface area (Å²) in [6.07, 6.45) is 1.09. The van der Waals surface area contributed by atoms with Crippen molar-refractivity contribution >= 4 is 17.6 Å². The summed E-state index contributed by atoms with van der Waals surface area (Å²) in [6.45, 7) is 5.84. The van der Waals surface area contributed by atoms with Gasteiger partial charge in [-0.15, -0.1) is 11.6 Å². The minimum absolute atomic E-state index is 0.174. The summed E-state index contributed by atoms with van der Waals surface area (Å²) in [7, 11) is 0. The molecule has 0 aromatic rings. The third kappa shape index (κ3) is 5.92. The van der Waals surface area contributed by atoms with E-state index in [1.807, 2.05) is 0 Å². The molecule has 0 bridgehead atoms. The van der Waals surface area contributed by atoms with Crippen molar-refractivity contribution in [1.29, 1.82) is 0 Å². The molecule has 0 aliphatic carbocycles. The van der Waals surface area contributed by atoms with Crippen LogP contribution in [0.3, 0.4) is 0 Å². The molecule has 0 heterocycles. The molecule has 0 spiro atoms. The van der Waals surface area contributed by atoms with E-state index in [2.05, 4.69) is 6.58 Å². The van der Waals surface area contributed by atoms with E-state index in [0.717, 1.165) is 5.57 Å². The van der Waals surface area contributed by atoms with E-state index >= 15 is 0 Å². The van der Waals surface area contributed by atoms with Crippen molar-refractivity contribution in [2.75, 3.05) is 12.5 Å². The molecule has 3 heteroatoms. The average Bonchev–Trinajstić information content (AvgIpc) is 2.04. The number of halogens is 1. The highest BCUT2D eigenvalue weighted by molar-refractivity contribution is 6.19. The van der Waals surface area contributed by atoms with E-state index in [-0.39, 0.29) is 5.97 Å². The Balaban J connectivity index is 3.27. The van der Waals surface area contributed by atoms with Crippen LogP contribution in [0.4, 0.5) is 0 Å². The molecule has 0 aliphatic heterocycles. The largest absolute Gasteiger partial charge is 0.465 e. The average molecular weight is 177 g/mol. The molecule has 64 valence electrons. The normalized spacial score (nSPS) is 9.27. The molecule has 0 aliphatic rings. The SMILES string of the molecule is C=C(CCl)CCOC(=O)CC. The Bertz CT molecular complexity index is 127. The molecule has 0 radical (unpaired) electrons. The second kappa shape index (κ2) is 6.23. The summed E-state index contributed by atoms with van der Waals surface area (Å²) < 4.78 is 4.81. The van der Waals surface area contributed by atoms with Crippen molar-refractivity contribution in [1.82, 2.24) is 0 Å². The van der Waals surface area contributed by atoms with Crippen LogP contribution < -0.4 is 0 Å². The zero-order valence-corrected chi connectivity index (χ0v) is 7.49. The maximum atomic E-state index is 10.6. The first kappa shape index (κ1) is 10.5. The van der Waals surface area contributed by atoms with Gasteiger partial charge in [0.15, 0.2) is 0 Å². The maximum absolute atomic E-state index is 10.6. The van der Waals surface area contributed by atoms with Crippen molar-refractivity contribution in [2.45, 2.75) is 19.8 Å². The van der Waals surface area contributed by atoms with Crippen molar-refractivity contribution in [3.8, 4) is 0 Å². The smallest absolute Gasteiger partial charge is 0.305 e. The lowest BCUT2D eigenvalue weighted by Crippen LogP contribution is -2.04. The highest BCUT2D eigenvalue weighted by atomic mass is 35.5.